The number of hydrogen-bond donors (Lipinski definition) is 1. The van der Waals surface area contributed by atoms with Crippen LogP contribution in [0.3, 0.4) is 0 Å². The van der Waals surface area contributed by atoms with Crippen LogP contribution >= 0.6 is 0 Å². The molecule has 124 valence electrons. The highest BCUT2D eigenvalue weighted by Gasteiger charge is 2.01. The minimum absolute atomic E-state index is 0.253. The van der Waals surface area contributed by atoms with E-state index >= 15 is 0 Å². The Morgan fingerprint density at radius 3 is 2.48 bits per heavy atom. The first-order chi connectivity index (χ1) is 11.1. The van der Waals surface area contributed by atoms with Crippen LogP contribution in [-0.2, 0) is 9.53 Å². The van der Waals surface area contributed by atoms with Gasteiger partial charge in [-0.1, -0.05) is 18.7 Å². The van der Waals surface area contributed by atoms with Crippen LogP contribution < -0.4 is 4.74 Å². The summed E-state index contributed by atoms with van der Waals surface area (Å²) in [4.78, 5) is 21.5. The van der Waals surface area contributed by atoms with Gasteiger partial charge in [-0.2, -0.15) is 0 Å². The van der Waals surface area contributed by atoms with E-state index in [4.69, 9.17) is 14.6 Å². The first-order valence-corrected chi connectivity index (χ1v) is 7.54. The van der Waals surface area contributed by atoms with E-state index in [0.29, 0.717) is 12.4 Å². The second-order valence-electron chi connectivity index (χ2n) is 4.83. The minimum Gasteiger partial charge on any atom is -0.494 e. The van der Waals surface area contributed by atoms with E-state index in [0.717, 1.165) is 31.8 Å². The number of carbonyl (C=O) groups is 2. The lowest BCUT2D eigenvalue weighted by Crippen LogP contribution is -1.99. The average molecular weight is 318 g/mol. The zero-order chi connectivity index (χ0) is 16.9. The maximum Gasteiger partial charge on any atom is 0.335 e. The molecular weight excluding hydrogens is 296 g/mol. The third-order valence-electron chi connectivity index (χ3n) is 3.04. The van der Waals surface area contributed by atoms with Crippen molar-refractivity contribution >= 4 is 11.9 Å². The third kappa shape index (κ3) is 8.46. The zero-order valence-electron chi connectivity index (χ0n) is 13.1. The molecule has 0 spiro atoms. The second kappa shape index (κ2) is 11.1. The van der Waals surface area contributed by atoms with Gasteiger partial charge in [0.1, 0.15) is 12.4 Å². The lowest BCUT2D eigenvalue weighted by Gasteiger charge is -2.06. The Morgan fingerprint density at radius 2 is 1.83 bits per heavy atom. The molecule has 0 aromatic heterocycles. The van der Waals surface area contributed by atoms with Gasteiger partial charge >= 0.3 is 11.9 Å². The third-order valence-corrected chi connectivity index (χ3v) is 3.04. The van der Waals surface area contributed by atoms with E-state index in [1.165, 1.54) is 12.1 Å². The molecule has 0 bridgehead atoms. The van der Waals surface area contributed by atoms with Gasteiger partial charge in [0.2, 0.25) is 0 Å². The highest BCUT2D eigenvalue weighted by atomic mass is 16.5. The van der Waals surface area contributed by atoms with Gasteiger partial charge in [0.15, 0.2) is 0 Å². The molecule has 1 aromatic carbocycles. The average Bonchev–Trinajstić information content (AvgIpc) is 2.56. The largest absolute Gasteiger partial charge is 0.494 e. The quantitative estimate of drug-likeness (QED) is 0.292. The summed E-state index contributed by atoms with van der Waals surface area (Å²) in [5.74, 6) is -0.675. The lowest BCUT2D eigenvalue weighted by molar-refractivity contribution is -0.136. The number of carboxylic acid groups (broad SMARTS) is 1. The van der Waals surface area contributed by atoms with Crippen molar-refractivity contribution in [1.82, 2.24) is 0 Å². The fourth-order valence-electron chi connectivity index (χ4n) is 1.80. The number of carboxylic acids is 1. The first kappa shape index (κ1) is 18.5. The molecule has 0 aliphatic rings. The highest BCUT2D eigenvalue weighted by Crippen LogP contribution is 2.13. The second-order valence-corrected chi connectivity index (χ2v) is 4.83. The van der Waals surface area contributed by atoms with Crippen molar-refractivity contribution < 1.29 is 24.2 Å². The van der Waals surface area contributed by atoms with Crippen molar-refractivity contribution in [3.05, 3.63) is 54.6 Å². The smallest absolute Gasteiger partial charge is 0.335 e. The molecule has 1 aromatic rings. The summed E-state index contributed by atoms with van der Waals surface area (Å²) < 4.78 is 10.4. The molecule has 5 heteroatoms. The monoisotopic (exact) mass is 318 g/mol. The summed E-state index contributed by atoms with van der Waals surface area (Å²) in [6.45, 7) is 4.20. The number of rotatable bonds is 11. The normalized spacial score (nSPS) is 10.4. The fraction of sp³-hybridized carbons (Fsp3) is 0.333. The molecule has 1 rings (SSSR count). The molecule has 1 N–H and O–H groups in total. The number of ether oxygens (including phenoxy) is 2. The summed E-state index contributed by atoms with van der Waals surface area (Å²) in [6.07, 6.45) is 8.88. The molecule has 0 atom stereocenters. The summed E-state index contributed by atoms with van der Waals surface area (Å²) in [6, 6.07) is 6.39. The molecule has 0 saturated heterocycles. The number of benzene rings is 1. The SMILES string of the molecule is C=CC(=O)OCC=CCCCCCOc1ccc(C(=O)O)cc1. The molecular formula is C18H22O5. The molecule has 0 saturated carbocycles. The molecule has 5 nitrogen and oxygen atoms in total. The van der Waals surface area contributed by atoms with Gasteiger partial charge in [-0.05, 0) is 49.9 Å². The Balaban J connectivity index is 2.03. The van der Waals surface area contributed by atoms with Crippen molar-refractivity contribution in [3.8, 4) is 5.75 Å². The molecule has 0 heterocycles. The van der Waals surface area contributed by atoms with Gasteiger partial charge < -0.3 is 14.6 Å². The van der Waals surface area contributed by atoms with Crippen molar-refractivity contribution in [2.24, 2.45) is 0 Å². The molecule has 0 fully saturated rings. The highest BCUT2D eigenvalue weighted by molar-refractivity contribution is 5.87. The Bertz CT molecular complexity index is 531. The van der Waals surface area contributed by atoms with Crippen molar-refractivity contribution in [1.29, 1.82) is 0 Å². The van der Waals surface area contributed by atoms with E-state index in [9.17, 15) is 9.59 Å². The van der Waals surface area contributed by atoms with Crippen LogP contribution in [0.4, 0.5) is 0 Å². The number of hydrogen-bond acceptors (Lipinski definition) is 4. The van der Waals surface area contributed by atoms with Crippen molar-refractivity contribution in [3.63, 3.8) is 0 Å². The van der Waals surface area contributed by atoms with Crippen LogP contribution in [-0.4, -0.2) is 30.3 Å². The van der Waals surface area contributed by atoms with Crippen molar-refractivity contribution in [2.45, 2.75) is 25.7 Å². The molecule has 0 aliphatic carbocycles. The number of aromatic carboxylic acids is 1. The van der Waals surface area contributed by atoms with Crippen LogP contribution in [0.2, 0.25) is 0 Å². The summed E-state index contributed by atoms with van der Waals surface area (Å²) in [7, 11) is 0. The van der Waals surface area contributed by atoms with Gasteiger partial charge in [-0.15, -0.1) is 0 Å². The standard InChI is InChI=1S/C18H22O5/c1-2-17(19)23-14-8-6-4-3-5-7-13-22-16-11-9-15(10-12-16)18(20)21/h2,6,8-12H,1,3-5,7,13-14H2,(H,20,21). The van der Waals surface area contributed by atoms with E-state index in [1.54, 1.807) is 12.1 Å². The van der Waals surface area contributed by atoms with Crippen LogP contribution in [0.1, 0.15) is 36.0 Å². The van der Waals surface area contributed by atoms with E-state index < -0.39 is 11.9 Å². The van der Waals surface area contributed by atoms with Crippen LogP contribution in [0.5, 0.6) is 5.75 Å². The summed E-state index contributed by atoms with van der Waals surface area (Å²) >= 11 is 0. The molecule has 0 radical (unpaired) electrons. The fourth-order valence-corrected chi connectivity index (χ4v) is 1.80. The Labute approximate surface area is 136 Å². The van der Waals surface area contributed by atoms with Gasteiger partial charge in [0.25, 0.3) is 0 Å². The molecule has 0 unspecified atom stereocenters. The maximum atomic E-state index is 10.8. The lowest BCUT2D eigenvalue weighted by atomic mass is 10.2. The first-order valence-electron chi connectivity index (χ1n) is 7.54. The van der Waals surface area contributed by atoms with E-state index in [2.05, 4.69) is 6.58 Å². The van der Waals surface area contributed by atoms with Crippen LogP contribution in [0.25, 0.3) is 0 Å². The van der Waals surface area contributed by atoms with E-state index in [-0.39, 0.29) is 12.2 Å². The minimum atomic E-state index is -0.941. The number of carbonyl (C=O) groups excluding carboxylic acids is 1. The van der Waals surface area contributed by atoms with Gasteiger partial charge in [-0.3, -0.25) is 0 Å². The summed E-state index contributed by atoms with van der Waals surface area (Å²) in [5.41, 5.74) is 0.253. The predicted molar refractivity (Wildman–Crippen MR) is 87.7 cm³/mol. The van der Waals surface area contributed by atoms with Gasteiger partial charge in [-0.25, -0.2) is 9.59 Å². The van der Waals surface area contributed by atoms with Gasteiger partial charge in [0.05, 0.1) is 12.2 Å². The molecule has 23 heavy (non-hydrogen) atoms. The zero-order valence-corrected chi connectivity index (χ0v) is 13.1. The number of esters is 1. The number of allylic oxidation sites excluding steroid dienone is 1. The maximum absolute atomic E-state index is 10.8. The summed E-state index contributed by atoms with van der Waals surface area (Å²) in [5, 5.41) is 8.79. The Morgan fingerprint density at radius 1 is 1.09 bits per heavy atom. The van der Waals surface area contributed by atoms with E-state index in [1.807, 2.05) is 12.2 Å². The predicted octanol–water partition coefficient (Wildman–Crippen LogP) is 3.61. The number of unbranched alkanes of at least 4 members (excludes halogenated alkanes) is 3. The molecule has 0 aliphatic heterocycles. The Kier molecular flexibility index (Phi) is 8.90. The topological polar surface area (TPSA) is 72.8 Å². The van der Waals surface area contributed by atoms with Crippen molar-refractivity contribution in [2.75, 3.05) is 13.2 Å². The van der Waals surface area contributed by atoms with Crippen LogP contribution in [0.15, 0.2) is 49.1 Å². The Hall–Kier alpha value is -2.56. The molecule has 0 amide bonds. The van der Waals surface area contributed by atoms with Gasteiger partial charge in [0, 0.05) is 6.08 Å². The van der Waals surface area contributed by atoms with Crippen LogP contribution in [0, 0.1) is 0 Å².